The summed E-state index contributed by atoms with van der Waals surface area (Å²) in [6.07, 6.45) is 2.83. The third-order valence-corrected chi connectivity index (χ3v) is 2.45. The third-order valence-electron chi connectivity index (χ3n) is 2.24. The quantitative estimate of drug-likeness (QED) is 0.507. The van der Waals surface area contributed by atoms with Crippen LogP contribution in [0.1, 0.15) is 0 Å². The van der Waals surface area contributed by atoms with E-state index in [-0.39, 0.29) is 17.1 Å². The number of benzene rings is 1. The van der Waals surface area contributed by atoms with Crippen molar-refractivity contribution in [2.75, 3.05) is 5.43 Å². The van der Waals surface area contributed by atoms with Crippen LogP contribution in [0.25, 0.3) is 0 Å². The number of pyridine rings is 1. The summed E-state index contributed by atoms with van der Waals surface area (Å²) >= 11 is 5.76. The first-order valence-corrected chi connectivity index (χ1v) is 5.52. The molecule has 1 aromatic heterocycles. The Kier molecular flexibility index (Phi) is 3.79. The second kappa shape index (κ2) is 5.51. The van der Waals surface area contributed by atoms with Gasteiger partial charge in [-0.15, -0.1) is 0 Å². The van der Waals surface area contributed by atoms with E-state index in [9.17, 15) is 10.1 Å². The van der Waals surface area contributed by atoms with Crippen LogP contribution < -0.4 is 16.0 Å². The molecule has 0 unspecified atom stereocenters. The van der Waals surface area contributed by atoms with Crippen molar-refractivity contribution in [1.29, 1.82) is 0 Å². The van der Waals surface area contributed by atoms with Crippen molar-refractivity contribution < 1.29 is 9.66 Å². The van der Waals surface area contributed by atoms with E-state index in [0.29, 0.717) is 10.8 Å². The van der Waals surface area contributed by atoms with E-state index in [2.05, 4.69) is 10.4 Å². The van der Waals surface area contributed by atoms with E-state index in [1.807, 2.05) is 0 Å². The van der Waals surface area contributed by atoms with Gasteiger partial charge < -0.3 is 10.2 Å². The van der Waals surface area contributed by atoms with Crippen LogP contribution in [0.4, 0.5) is 11.4 Å². The molecule has 2 aromatic rings. The molecule has 2 rings (SSSR count). The number of nitrogens with one attached hydrogen (secondary N) is 1. The Hall–Kier alpha value is -2.38. The highest BCUT2D eigenvalue weighted by Crippen LogP contribution is 2.37. The molecule has 0 spiro atoms. The molecule has 0 saturated carbocycles. The molecule has 0 amide bonds. The number of nitro groups is 1. The van der Waals surface area contributed by atoms with Gasteiger partial charge in [0.1, 0.15) is 11.4 Å². The number of hydrogen-bond donors (Lipinski definition) is 2. The number of nitro benzene ring substituents is 1. The Bertz CT molecular complexity index is 621. The lowest BCUT2D eigenvalue weighted by molar-refractivity contribution is -0.384. The van der Waals surface area contributed by atoms with Gasteiger partial charge in [0.05, 0.1) is 16.1 Å². The summed E-state index contributed by atoms with van der Waals surface area (Å²) in [5, 5.41) is 11.4. The van der Waals surface area contributed by atoms with Crippen molar-refractivity contribution in [1.82, 2.24) is 4.98 Å². The average molecular weight is 281 g/mol. The first kappa shape index (κ1) is 13.1. The average Bonchev–Trinajstić information content (AvgIpc) is 2.38. The summed E-state index contributed by atoms with van der Waals surface area (Å²) < 4.78 is 5.41. The molecule has 19 heavy (non-hydrogen) atoms. The fourth-order valence-electron chi connectivity index (χ4n) is 1.48. The van der Waals surface area contributed by atoms with Gasteiger partial charge in [0.25, 0.3) is 0 Å². The van der Waals surface area contributed by atoms with Crippen molar-refractivity contribution in [3.8, 4) is 11.5 Å². The Morgan fingerprint density at radius 1 is 1.42 bits per heavy atom. The van der Waals surface area contributed by atoms with Crippen LogP contribution in [-0.4, -0.2) is 9.91 Å². The molecule has 8 heteroatoms. The zero-order valence-corrected chi connectivity index (χ0v) is 10.3. The number of hydrazine groups is 1. The number of rotatable bonds is 4. The maximum atomic E-state index is 11.0. The summed E-state index contributed by atoms with van der Waals surface area (Å²) in [6.45, 7) is 0. The summed E-state index contributed by atoms with van der Waals surface area (Å²) in [7, 11) is 0. The molecule has 3 N–H and O–H groups in total. The smallest absolute Gasteiger partial charge is 0.335 e. The van der Waals surface area contributed by atoms with Gasteiger partial charge in [-0.3, -0.25) is 20.9 Å². The van der Waals surface area contributed by atoms with Crippen LogP contribution in [0.3, 0.4) is 0 Å². The first-order valence-electron chi connectivity index (χ1n) is 5.14. The minimum absolute atomic E-state index is 0.0458. The van der Waals surface area contributed by atoms with Crippen molar-refractivity contribution >= 4 is 23.0 Å². The van der Waals surface area contributed by atoms with Crippen LogP contribution in [0, 0.1) is 10.1 Å². The number of anilines is 1. The highest BCUT2D eigenvalue weighted by atomic mass is 35.5. The van der Waals surface area contributed by atoms with E-state index < -0.39 is 4.92 Å². The molecule has 0 fully saturated rings. The molecular weight excluding hydrogens is 272 g/mol. The number of nitrogen functional groups attached to an aromatic ring is 1. The summed E-state index contributed by atoms with van der Waals surface area (Å²) in [6, 6.07) is 6.01. The summed E-state index contributed by atoms with van der Waals surface area (Å²) in [4.78, 5) is 14.3. The van der Waals surface area contributed by atoms with Crippen LogP contribution in [-0.2, 0) is 0 Å². The Labute approximate surface area is 113 Å². The van der Waals surface area contributed by atoms with Crippen molar-refractivity contribution in [2.45, 2.75) is 0 Å². The van der Waals surface area contributed by atoms with Gasteiger partial charge in [-0.2, -0.15) is 0 Å². The number of aromatic nitrogens is 1. The molecule has 98 valence electrons. The highest BCUT2D eigenvalue weighted by molar-refractivity contribution is 6.30. The Balaban J connectivity index is 2.42. The minimum atomic E-state index is -0.581. The molecule has 0 aliphatic heterocycles. The van der Waals surface area contributed by atoms with Gasteiger partial charge in [0.15, 0.2) is 0 Å². The second-order valence-corrected chi connectivity index (χ2v) is 3.93. The van der Waals surface area contributed by atoms with Crippen molar-refractivity contribution in [3.63, 3.8) is 0 Å². The summed E-state index contributed by atoms with van der Waals surface area (Å²) in [5.41, 5.74) is 2.14. The number of halogens is 1. The molecule has 0 aliphatic carbocycles. The number of hydrogen-bond acceptors (Lipinski definition) is 6. The second-order valence-electron chi connectivity index (χ2n) is 3.49. The minimum Gasteiger partial charge on any atom is -0.448 e. The normalized spacial score (nSPS) is 10.0. The molecule has 0 bridgehead atoms. The molecule has 0 aliphatic rings. The SMILES string of the molecule is NNc1cccc(Oc2cncc(Cl)c2)c1[N+](=O)[O-]. The standard InChI is InChI=1S/C11H9ClN4O3/c12-7-4-8(6-14-5-7)19-10-3-1-2-9(15-13)11(10)16(17)18/h1-6,15H,13H2. The zero-order valence-electron chi connectivity index (χ0n) is 9.54. The lowest BCUT2D eigenvalue weighted by atomic mass is 10.2. The fourth-order valence-corrected chi connectivity index (χ4v) is 1.65. The van der Waals surface area contributed by atoms with Crippen LogP contribution in [0.5, 0.6) is 11.5 Å². The number of nitrogens with two attached hydrogens (primary N) is 1. The molecular formula is C11H9ClN4O3. The predicted molar refractivity (Wildman–Crippen MR) is 70.2 cm³/mol. The molecule has 1 aromatic carbocycles. The Morgan fingerprint density at radius 3 is 2.84 bits per heavy atom. The topological polar surface area (TPSA) is 103 Å². The van der Waals surface area contributed by atoms with E-state index in [4.69, 9.17) is 22.2 Å². The molecule has 0 atom stereocenters. The molecule has 0 saturated heterocycles. The van der Waals surface area contributed by atoms with E-state index in [1.165, 1.54) is 30.6 Å². The number of para-hydroxylation sites is 1. The number of ether oxygens (including phenoxy) is 1. The van der Waals surface area contributed by atoms with E-state index in [1.54, 1.807) is 6.07 Å². The molecule has 7 nitrogen and oxygen atoms in total. The van der Waals surface area contributed by atoms with Gasteiger partial charge in [-0.05, 0) is 12.1 Å². The maximum Gasteiger partial charge on any atom is 0.335 e. The zero-order chi connectivity index (χ0) is 13.8. The van der Waals surface area contributed by atoms with Crippen LogP contribution >= 0.6 is 11.6 Å². The van der Waals surface area contributed by atoms with Gasteiger partial charge in [-0.25, -0.2) is 0 Å². The van der Waals surface area contributed by atoms with Gasteiger partial charge in [-0.1, -0.05) is 17.7 Å². The highest BCUT2D eigenvalue weighted by Gasteiger charge is 2.21. The fraction of sp³-hybridized carbons (Fsp3) is 0. The lowest BCUT2D eigenvalue weighted by Crippen LogP contribution is -2.09. The van der Waals surface area contributed by atoms with Gasteiger partial charge in [0, 0.05) is 12.3 Å². The van der Waals surface area contributed by atoms with Crippen LogP contribution in [0.2, 0.25) is 5.02 Å². The Morgan fingerprint density at radius 2 is 2.21 bits per heavy atom. The predicted octanol–water partition coefficient (Wildman–Crippen LogP) is 2.72. The first-order chi connectivity index (χ1) is 9.11. The van der Waals surface area contributed by atoms with Gasteiger partial charge >= 0.3 is 5.69 Å². The molecule has 1 heterocycles. The van der Waals surface area contributed by atoms with Crippen LogP contribution in [0.15, 0.2) is 36.7 Å². The monoisotopic (exact) mass is 280 g/mol. The van der Waals surface area contributed by atoms with Crippen molar-refractivity contribution in [3.05, 3.63) is 51.8 Å². The molecule has 0 radical (unpaired) electrons. The third kappa shape index (κ3) is 2.90. The van der Waals surface area contributed by atoms with E-state index >= 15 is 0 Å². The lowest BCUT2D eigenvalue weighted by Gasteiger charge is -2.08. The van der Waals surface area contributed by atoms with E-state index in [0.717, 1.165) is 0 Å². The maximum absolute atomic E-state index is 11.0. The summed E-state index contributed by atoms with van der Waals surface area (Å²) in [5.74, 6) is 5.57. The van der Waals surface area contributed by atoms with Crippen molar-refractivity contribution in [2.24, 2.45) is 5.84 Å². The number of nitrogens with zero attached hydrogens (tertiary/aromatic N) is 2. The largest absolute Gasteiger partial charge is 0.448 e. The van der Waals surface area contributed by atoms with Gasteiger partial charge in [0.2, 0.25) is 5.75 Å².